The van der Waals surface area contributed by atoms with Crippen LogP contribution in [0.5, 0.6) is 0 Å². The smallest absolute Gasteiger partial charge is 0.417 e. The zero-order valence-electron chi connectivity index (χ0n) is 14.7. The molecule has 136 valence electrons. The molecule has 0 aromatic heterocycles. The van der Waals surface area contributed by atoms with E-state index in [0.717, 1.165) is 10.5 Å². The van der Waals surface area contributed by atoms with Crippen LogP contribution in [0.3, 0.4) is 0 Å². The van der Waals surface area contributed by atoms with Gasteiger partial charge in [0.1, 0.15) is 13.2 Å². The molecule has 0 spiro atoms. The first-order chi connectivity index (χ1) is 12.0. The van der Waals surface area contributed by atoms with Crippen molar-refractivity contribution in [2.75, 3.05) is 19.8 Å². The molecule has 1 aliphatic heterocycles. The monoisotopic (exact) mass is 347 g/mol. The molecule has 0 saturated carbocycles. The van der Waals surface area contributed by atoms with Gasteiger partial charge in [-0.05, 0) is 11.5 Å². The molecule has 0 radical (unpaired) electrons. The van der Waals surface area contributed by atoms with Gasteiger partial charge in [0.2, 0.25) is 0 Å². The van der Waals surface area contributed by atoms with Gasteiger partial charge >= 0.3 is 6.09 Å². The van der Waals surface area contributed by atoms with E-state index in [2.05, 4.69) is 6.58 Å². The summed E-state index contributed by atoms with van der Waals surface area (Å²) in [6.07, 6.45) is 0.548. The first kappa shape index (κ1) is 19.1. The molecule has 1 fully saturated rings. The molecule has 0 unspecified atom stereocenters. The molecule has 1 aromatic rings. The molecule has 0 aliphatic carbocycles. The Morgan fingerprint density at radius 2 is 2.12 bits per heavy atom. The van der Waals surface area contributed by atoms with E-state index in [1.807, 2.05) is 44.2 Å². The fourth-order valence-electron chi connectivity index (χ4n) is 2.51. The summed E-state index contributed by atoms with van der Waals surface area (Å²) in [7, 11) is 0. The van der Waals surface area contributed by atoms with Gasteiger partial charge in [-0.25, -0.2) is 9.69 Å². The van der Waals surface area contributed by atoms with Gasteiger partial charge in [-0.15, -0.1) is 6.58 Å². The third kappa shape index (κ3) is 5.41. The topological polar surface area (TPSA) is 65.1 Å². The second-order valence-electron chi connectivity index (χ2n) is 6.24. The number of nitrogens with zero attached hydrogens (tertiary/aromatic N) is 1. The molecule has 0 bridgehead atoms. The lowest BCUT2D eigenvalue weighted by Crippen LogP contribution is -2.44. The van der Waals surface area contributed by atoms with Gasteiger partial charge in [-0.1, -0.05) is 50.3 Å². The summed E-state index contributed by atoms with van der Waals surface area (Å²) in [5, 5.41) is 0. The van der Waals surface area contributed by atoms with Gasteiger partial charge in [0.05, 0.1) is 25.4 Å². The Morgan fingerprint density at radius 3 is 2.76 bits per heavy atom. The van der Waals surface area contributed by atoms with Crippen molar-refractivity contribution >= 4 is 12.0 Å². The highest BCUT2D eigenvalue weighted by Crippen LogP contribution is 2.19. The van der Waals surface area contributed by atoms with Gasteiger partial charge in [-0.2, -0.15) is 0 Å². The molecule has 2 atom stereocenters. The molecule has 1 saturated heterocycles. The van der Waals surface area contributed by atoms with Gasteiger partial charge in [-0.3, -0.25) is 4.79 Å². The largest absolute Gasteiger partial charge is 0.447 e. The fraction of sp³-hybridized carbons (Fsp3) is 0.474. The molecule has 25 heavy (non-hydrogen) atoms. The number of ether oxygens (including phenoxy) is 3. The summed E-state index contributed by atoms with van der Waals surface area (Å²) in [4.78, 5) is 25.2. The van der Waals surface area contributed by atoms with Crippen LogP contribution in [0.15, 0.2) is 43.0 Å². The van der Waals surface area contributed by atoms with Crippen LogP contribution in [0.4, 0.5) is 4.79 Å². The van der Waals surface area contributed by atoms with Crippen molar-refractivity contribution in [1.82, 2.24) is 4.90 Å². The molecule has 2 rings (SSSR count). The first-order valence-corrected chi connectivity index (χ1v) is 8.37. The minimum absolute atomic E-state index is 0.125. The summed E-state index contributed by atoms with van der Waals surface area (Å²) in [5.74, 6) is -0.282. The van der Waals surface area contributed by atoms with E-state index in [1.165, 1.54) is 0 Å². The second-order valence-corrected chi connectivity index (χ2v) is 6.24. The van der Waals surface area contributed by atoms with Crippen molar-refractivity contribution in [3.8, 4) is 0 Å². The maximum absolute atomic E-state index is 12.3. The number of carbonyl (C=O) groups excluding carboxylic acids is 2. The van der Waals surface area contributed by atoms with Crippen LogP contribution in [0.1, 0.15) is 19.4 Å². The Labute approximate surface area is 148 Å². The predicted octanol–water partition coefficient (Wildman–Crippen LogP) is 2.78. The van der Waals surface area contributed by atoms with E-state index in [9.17, 15) is 9.59 Å². The number of hydrogen-bond acceptors (Lipinski definition) is 5. The van der Waals surface area contributed by atoms with Crippen LogP contribution in [-0.4, -0.2) is 48.9 Å². The van der Waals surface area contributed by atoms with Crippen molar-refractivity contribution in [2.45, 2.75) is 32.6 Å². The summed E-state index contributed by atoms with van der Waals surface area (Å²) in [5.41, 5.74) is 1.06. The maximum Gasteiger partial charge on any atom is 0.417 e. The van der Waals surface area contributed by atoms with Crippen molar-refractivity contribution < 1.29 is 23.8 Å². The SMILES string of the molecule is C=C[C@H](COCc1ccccc1)OCC(=O)N1C(=O)OC[C@@H]1C(C)C. The summed E-state index contributed by atoms with van der Waals surface area (Å²) in [6, 6.07) is 9.52. The average Bonchev–Trinajstić information content (AvgIpc) is 3.00. The van der Waals surface area contributed by atoms with E-state index < -0.39 is 18.1 Å². The quantitative estimate of drug-likeness (QED) is 0.643. The third-order valence-corrected chi connectivity index (χ3v) is 4.02. The van der Waals surface area contributed by atoms with Crippen molar-refractivity contribution in [3.63, 3.8) is 0 Å². The summed E-state index contributed by atoms with van der Waals surface area (Å²) < 4.78 is 16.1. The van der Waals surface area contributed by atoms with Crippen LogP contribution in [-0.2, 0) is 25.6 Å². The summed E-state index contributed by atoms with van der Waals surface area (Å²) in [6.45, 7) is 8.33. The zero-order chi connectivity index (χ0) is 18.2. The van der Waals surface area contributed by atoms with Crippen LogP contribution in [0, 0.1) is 5.92 Å². The van der Waals surface area contributed by atoms with E-state index in [-0.39, 0.29) is 31.8 Å². The Kier molecular flexibility index (Phi) is 7.16. The van der Waals surface area contributed by atoms with E-state index in [0.29, 0.717) is 6.61 Å². The van der Waals surface area contributed by atoms with Gasteiger partial charge in [0, 0.05) is 0 Å². The highest BCUT2D eigenvalue weighted by molar-refractivity contribution is 5.94. The van der Waals surface area contributed by atoms with Crippen LogP contribution in [0.25, 0.3) is 0 Å². The fourth-order valence-corrected chi connectivity index (χ4v) is 2.51. The molecular formula is C19H25NO5. The Balaban J connectivity index is 1.78. The van der Waals surface area contributed by atoms with Gasteiger partial charge in [0.15, 0.2) is 0 Å². The predicted molar refractivity (Wildman–Crippen MR) is 92.9 cm³/mol. The third-order valence-electron chi connectivity index (χ3n) is 4.02. The van der Waals surface area contributed by atoms with E-state index >= 15 is 0 Å². The Morgan fingerprint density at radius 1 is 1.40 bits per heavy atom. The average molecular weight is 347 g/mol. The maximum atomic E-state index is 12.3. The minimum Gasteiger partial charge on any atom is -0.447 e. The normalized spacial score (nSPS) is 18.3. The van der Waals surface area contributed by atoms with E-state index in [4.69, 9.17) is 14.2 Å². The Bertz CT molecular complexity index is 587. The molecule has 1 heterocycles. The number of hydrogen-bond donors (Lipinski definition) is 0. The lowest BCUT2D eigenvalue weighted by Gasteiger charge is -2.23. The molecule has 1 aliphatic rings. The van der Waals surface area contributed by atoms with Crippen molar-refractivity contribution in [2.24, 2.45) is 5.92 Å². The van der Waals surface area contributed by atoms with Gasteiger partial charge in [0.25, 0.3) is 5.91 Å². The van der Waals surface area contributed by atoms with Gasteiger partial charge < -0.3 is 14.2 Å². The molecule has 6 heteroatoms. The van der Waals surface area contributed by atoms with E-state index in [1.54, 1.807) is 6.08 Å². The van der Waals surface area contributed by atoms with Crippen LogP contribution in [0.2, 0.25) is 0 Å². The number of carbonyl (C=O) groups is 2. The Hall–Kier alpha value is -2.18. The number of rotatable bonds is 9. The number of amides is 2. The molecule has 2 amide bonds. The molecule has 6 nitrogen and oxygen atoms in total. The highest BCUT2D eigenvalue weighted by Gasteiger charge is 2.39. The molecule has 1 aromatic carbocycles. The highest BCUT2D eigenvalue weighted by atomic mass is 16.6. The molecular weight excluding hydrogens is 322 g/mol. The van der Waals surface area contributed by atoms with Crippen LogP contribution < -0.4 is 0 Å². The minimum atomic E-state index is -0.609. The number of benzene rings is 1. The second kappa shape index (κ2) is 9.34. The summed E-state index contributed by atoms with van der Waals surface area (Å²) >= 11 is 0. The molecule has 0 N–H and O–H groups in total. The van der Waals surface area contributed by atoms with Crippen molar-refractivity contribution in [3.05, 3.63) is 48.6 Å². The first-order valence-electron chi connectivity index (χ1n) is 8.37. The van der Waals surface area contributed by atoms with Crippen LogP contribution >= 0.6 is 0 Å². The number of imide groups is 1. The lowest BCUT2D eigenvalue weighted by molar-refractivity contribution is -0.136. The lowest BCUT2D eigenvalue weighted by atomic mass is 10.0. The van der Waals surface area contributed by atoms with Crippen molar-refractivity contribution in [1.29, 1.82) is 0 Å². The standard InChI is InChI=1S/C19H25NO5/c1-4-16(11-23-10-15-8-6-5-7-9-15)24-13-18(21)20-17(14(2)3)12-25-19(20)22/h4-9,14,16-17H,1,10-13H2,2-3H3/t16-,17-/m1/s1. The zero-order valence-corrected chi connectivity index (χ0v) is 14.7. The number of cyclic esters (lactones) is 1.